The van der Waals surface area contributed by atoms with E-state index in [1.54, 1.807) is 6.07 Å². The molecule has 1 N–H and O–H groups in total. The lowest BCUT2D eigenvalue weighted by Crippen LogP contribution is -2.27. The van der Waals surface area contributed by atoms with Gasteiger partial charge in [-0.3, -0.25) is 0 Å². The second-order valence-corrected chi connectivity index (χ2v) is 5.30. The van der Waals surface area contributed by atoms with Gasteiger partial charge in [0.05, 0.1) is 0 Å². The molecule has 1 aromatic carbocycles. The first-order valence-corrected chi connectivity index (χ1v) is 6.52. The Morgan fingerprint density at radius 3 is 2.59 bits per heavy atom. The summed E-state index contributed by atoms with van der Waals surface area (Å²) >= 11 is 6.00. The second kappa shape index (κ2) is 6.97. The molecule has 1 aromatic rings. The molecule has 0 heterocycles. The van der Waals surface area contributed by atoms with Crippen molar-refractivity contribution in [2.45, 2.75) is 39.2 Å². The van der Waals surface area contributed by atoms with Crippen LogP contribution in [0, 0.1) is 11.7 Å². The fourth-order valence-corrected chi connectivity index (χ4v) is 2.26. The van der Waals surface area contributed by atoms with E-state index >= 15 is 0 Å². The third kappa shape index (κ3) is 5.05. The summed E-state index contributed by atoms with van der Waals surface area (Å²) in [5.74, 6) is 0.405. The summed E-state index contributed by atoms with van der Waals surface area (Å²) in [5.41, 5.74) is 1.03. The third-order valence-corrected chi connectivity index (χ3v) is 3.29. The van der Waals surface area contributed by atoms with Crippen LogP contribution < -0.4 is 5.32 Å². The number of nitrogens with one attached hydrogen (secondary N) is 1. The molecule has 96 valence electrons. The molecule has 0 radical (unpaired) electrons. The van der Waals surface area contributed by atoms with E-state index in [1.165, 1.54) is 12.1 Å². The fraction of sp³-hybridized carbons (Fsp3) is 0.571. The molecule has 0 spiro atoms. The molecule has 0 fully saturated rings. The quantitative estimate of drug-likeness (QED) is 0.811. The molecule has 0 bridgehead atoms. The van der Waals surface area contributed by atoms with E-state index in [1.807, 2.05) is 7.05 Å². The highest BCUT2D eigenvalue weighted by Gasteiger charge is 2.10. The molecule has 0 aromatic heterocycles. The van der Waals surface area contributed by atoms with Crippen molar-refractivity contribution in [1.29, 1.82) is 0 Å². The largest absolute Gasteiger partial charge is 0.317 e. The molecular weight excluding hydrogens is 237 g/mol. The zero-order chi connectivity index (χ0) is 12.8. The van der Waals surface area contributed by atoms with E-state index in [0.717, 1.165) is 24.8 Å². The van der Waals surface area contributed by atoms with Gasteiger partial charge in [-0.1, -0.05) is 31.5 Å². The van der Waals surface area contributed by atoms with Crippen molar-refractivity contribution < 1.29 is 4.39 Å². The molecule has 0 aliphatic heterocycles. The fourth-order valence-electron chi connectivity index (χ4n) is 2.00. The van der Waals surface area contributed by atoms with E-state index in [-0.39, 0.29) is 5.82 Å². The first kappa shape index (κ1) is 14.5. The highest BCUT2D eigenvalue weighted by molar-refractivity contribution is 6.31. The summed E-state index contributed by atoms with van der Waals surface area (Å²) in [4.78, 5) is 0. The monoisotopic (exact) mass is 257 g/mol. The average Bonchev–Trinajstić information content (AvgIpc) is 2.25. The van der Waals surface area contributed by atoms with Crippen molar-refractivity contribution in [1.82, 2.24) is 5.32 Å². The van der Waals surface area contributed by atoms with Gasteiger partial charge in [0.25, 0.3) is 0 Å². The van der Waals surface area contributed by atoms with Crippen LogP contribution in [-0.2, 0) is 6.42 Å². The molecule has 0 aliphatic carbocycles. The van der Waals surface area contributed by atoms with Crippen molar-refractivity contribution in [3.8, 4) is 0 Å². The van der Waals surface area contributed by atoms with Crippen molar-refractivity contribution >= 4 is 11.6 Å². The van der Waals surface area contributed by atoms with Crippen molar-refractivity contribution in [3.05, 3.63) is 34.6 Å². The van der Waals surface area contributed by atoms with Crippen LogP contribution in [0.1, 0.15) is 32.3 Å². The lowest BCUT2D eigenvalue weighted by Gasteiger charge is -2.18. The number of rotatable bonds is 6. The molecule has 0 amide bonds. The van der Waals surface area contributed by atoms with Gasteiger partial charge in [0, 0.05) is 11.1 Å². The van der Waals surface area contributed by atoms with Crippen LogP contribution in [0.5, 0.6) is 0 Å². The summed E-state index contributed by atoms with van der Waals surface area (Å²) in [6.45, 7) is 4.43. The number of hydrogen-bond acceptors (Lipinski definition) is 1. The maximum absolute atomic E-state index is 12.9. The van der Waals surface area contributed by atoms with Crippen LogP contribution in [-0.4, -0.2) is 13.1 Å². The summed E-state index contributed by atoms with van der Waals surface area (Å²) < 4.78 is 12.9. The SMILES string of the molecule is CNC(CCc1ccc(F)cc1Cl)CC(C)C. The number of aryl methyl sites for hydroxylation is 1. The topological polar surface area (TPSA) is 12.0 Å². The molecule has 1 nitrogen and oxygen atoms in total. The van der Waals surface area contributed by atoms with Gasteiger partial charge in [-0.05, 0) is 49.9 Å². The number of benzene rings is 1. The zero-order valence-corrected chi connectivity index (χ0v) is 11.5. The van der Waals surface area contributed by atoms with Gasteiger partial charge < -0.3 is 5.32 Å². The summed E-state index contributed by atoms with van der Waals surface area (Å²) in [6.07, 6.45) is 3.06. The number of halogens is 2. The molecule has 0 aliphatic rings. The van der Waals surface area contributed by atoms with Crippen LogP contribution in [0.2, 0.25) is 5.02 Å². The van der Waals surface area contributed by atoms with Gasteiger partial charge in [-0.25, -0.2) is 4.39 Å². The first-order chi connectivity index (χ1) is 8.02. The standard InChI is InChI=1S/C14H21ClFN/c1-10(2)8-13(17-3)7-5-11-4-6-12(16)9-14(11)15/h4,6,9-10,13,17H,5,7-8H2,1-3H3. The maximum Gasteiger partial charge on any atom is 0.124 e. The van der Waals surface area contributed by atoms with Gasteiger partial charge in [-0.15, -0.1) is 0 Å². The first-order valence-electron chi connectivity index (χ1n) is 6.14. The van der Waals surface area contributed by atoms with Gasteiger partial charge in [0.1, 0.15) is 5.82 Å². The van der Waals surface area contributed by atoms with Gasteiger partial charge in [0.2, 0.25) is 0 Å². The molecular formula is C14H21ClFN. The van der Waals surface area contributed by atoms with Crippen LogP contribution in [0.15, 0.2) is 18.2 Å². The van der Waals surface area contributed by atoms with E-state index in [0.29, 0.717) is 17.0 Å². The van der Waals surface area contributed by atoms with Gasteiger partial charge >= 0.3 is 0 Å². The molecule has 0 saturated heterocycles. The summed E-state index contributed by atoms with van der Waals surface area (Å²) in [7, 11) is 1.99. The van der Waals surface area contributed by atoms with E-state index in [9.17, 15) is 4.39 Å². The Kier molecular flexibility index (Phi) is 5.93. The van der Waals surface area contributed by atoms with Gasteiger partial charge in [-0.2, -0.15) is 0 Å². The Balaban J connectivity index is 2.53. The lowest BCUT2D eigenvalue weighted by molar-refractivity contribution is 0.422. The highest BCUT2D eigenvalue weighted by atomic mass is 35.5. The lowest BCUT2D eigenvalue weighted by atomic mass is 9.97. The van der Waals surface area contributed by atoms with Crippen molar-refractivity contribution in [3.63, 3.8) is 0 Å². The minimum atomic E-state index is -0.272. The Bertz CT molecular complexity index is 352. The zero-order valence-electron chi connectivity index (χ0n) is 10.8. The Labute approximate surface area is 108 Å². The molecule has 1 unspecified atom stereocenters. The van der Waals surface area contributed by atoms with E-state index in [2.05, 4.69) is 19.2 Å². The Hall–Kier alpha value is -0.600. The Morgan fingerprint density at radius 1 is 1.35 bits per heavy atom. The predicted octanol–water partition coefficient (Wildman–Crippen LogP) is 4.05. The molecule has 0 saturated carbocycles. The highest BCUT2D eigenvalue weighted by Crippen LogP contribution is 2.20. The molecule has 1 rings (SSSR count). The Morgan fingerprint density at radius 2 is 2.06 bits per heavy atom. The average molecular weight is 258 g/mol. The number of hydrogen-bond donors (Lipinski definition) is 1. The van der Waals surface area contributed by atoms with Crippen LogP contribution >= 0.6 is 11.6 Å². The van der Waals surface area contributed by atoms with Crippen molar-refractivity contribution in [2.75, 3.05) is 7.05 Å². The van der Waals surface area contributed by atoms with E-state index in [4.69, 9.17) is 11.6 Å². The third-order valence-electron chi connectivity index (χ3n) is 2.94. The smallest absolute Gasteiger partial charge is 0.124 e. The van der Waals surface area contributed by atoms with Crippen LogP contribution in [0.3, 0.4) is 0 Å². The second-order valence-electron chi connectivity index (χ2n) is 4.89. The van der Waals surface area contributed by atoms with Crippen molar-refractivity contribution in [2.24, 2.45) is 5.92 Å². The van der Waals surface area contributed by atoms with E-state index < -0.39 is 0 Å². The predicted molar refractivity (Wildman–Crippen MR) is 72.0 cm³/mol. The van der Waals surface area contributed by atoms with Crippen LogP contribution in [0.25, 0.3) is 0 Å². The molecule has 1 atom stereocenters. The van der Waals surface area contributed by atoms with Crippen LogP contribution in [0.4, 0.5) is 4.39 Å². The molecule has 3 heteroatoms. The van der Waals surface area contributed by atoms with Gasteiger partial charge in [0.15, 0.2) is 0 Å². The molecule has 17 heavy (non-hydrogen) atoms. The maximum atomic E-state index is 12.9. The normalized spacial score (nSPS) is 13.1. The minimum Gasteiger partial charge on any atom is -0.317 e. The summed E-state index contributed by atoms with van der Waals surface area (Å²) in [6, 6.07) is 5.13. The minimum absolute atomic E-state index is 0.272. The summed E-state index contributed by atoms with van der Waals surface area (Å²) in [5, 5.41) is 3.85.